The zero-order valence-electron chi connectivity index (χ0n) is 26.9. The Morgan fingerprint density at radius 3 is 1.53 bits per heavy atom. The van der Waals surface area contributed by atoms with Crippen molar-refractivity contribution < 1.29 is 0 Å². The van der Waals surface area contributed by atoms with Crippen molar-refractivity contribution in [3.8, 4) is 16.8 Å². The van der Waals surface area contributed by atoms with Crippen molar-refractivity contribution in [2.75, 3.05) is 4.90 Å². The molecule has 1 aliphatic heterocycles. The van der Waals surface area contributed by atoms with Crippen molar-refractivity contribution in [3.63, 3.8) is 0 Å². The van der Waals surface area contributed by atoms with Crippen LogP contribution < -0.4 is 21.3 Å². The summed E-state index contributed by atoms with van der Waals surface area (Å²) in [5, 5.41) is 5.10. The van der Waals surface area contributed by atoms with Crippen LogP contribution in [-0.2, 0) is 0 Å². The standard InChI is InChI=1S/C46H31BN2/c1-2-14-32(15-3-1)37-31-26-33-16-4-5-17-36(33)46(37)47-40-20-8-12-24-44(40)49(45-25-13-9-21-41(45)47)35-29-27-34(28-30-35)48-42-22-10-6-18-38(42)39-19-7-11-23-43(39)48/h1-31H. The first-order valence-corrected chi connectivity index (χ1v) is 17.0. The molecule has 0 radical (unpaired) electrons. The van der Waals surface area contributed by atoms with Gasteiger partial charge in [0.25, 0.3) is 0 Å². The molecule has 0 saturated heterocycles. The number of aromatic nitrogens is 1. The predicted octanol–water partition coefficient (Wildman–Crippen LogP) is 9.90. The van der Waals surface area contributed by atoms with Crippen LogP contribution in [-0.4, -0.2) is 11.3 Å². The highest BCUT2D eigenvalue weighted by Crippen LogP contribution is 2.38. The molecular weight excluding hydrogens is 591 g/mol. The Bertz CT molecular complexity index is 2570. The maximum absolute atomic E-state index is 2.45. The number of hydrogen-bond acceptors (Lipinski definition) is 1. The van der Waals surface area contributed by atoms with E-state index < -0.39 is 0 Å². The van der Waals surface area contributed by atoms with Crippen LogP contribution in [0.3, 0.4) is 0 Å². The van der Waals surface area contributed by atoms with Gasteiger partial charge in [0.05, 0.1) is 11.0 Å². The number of anilines is 3. The minimum absolute atomic E-state index is 0.0573. The first kappa shape index (κ1) is 27.8. The van der Waals surface area contributed by atoms with Gasteiger partial charge in [0.1, 0.15) is 0 Å². The van der Waals surface area contributed by atoms with Crippen molar-refractivity contribution >= 4 is 72.7 Å². The lowest BCUT2D eigenvalue weighted by Crippen LogP contribution is -2.58. The average molecular weight is 623 g/mol. The number of nitrogens with zero attached hydrogens (tertiary/aromatic N) is 2. The molecule has 2 heterocycles. The Balaban J connectivity index is 1.17. The smallest absolute Gasteiger partial charge is 0.248 e. The Morgan fingerprint density at radius 2 is 0.878 bits per heavy atom. The van der Waals surface area contributed by atoms with E-state index in [1.54, 1.807) is 0 Å². The quantitative estimate of drug-likeness (QED) is 0.178. The fraction of sp³-hybridized carbons (Fsp3) is 0. The highest BCUT2D eigenvalue weighted by Gasteiger charge is 2.37. The molecule has 0 spiro atoms. The van der Waals surface area contributed by atoms with E-state index in [9.17, 15) is 0 Å². The molecule has 1 aromatic heterocycles. The number of fused-ring (bicyclic) bond motifs is 6. The summed E-state index contributed by atoms with van der Waals surface area (Å²) in [4.78, 5) is 2.45. The summed E-state index contributed by atoms with van der Waals surface area (Å²) in [5.41, 5.74) is 13.6. The predicted molar refractivity (Wildman–Crippen MR) is 210 cm³/mol. The fourth-order valence-corrected chi connectivity index (χ4v) is 8.18. The summed E-state index contributed by atoms with van der Waals surface area (Å²) >= 11 is 0. The van der Waals surface area contributed by atoms with E-state index in [0.29, 0.717) is 0 Å². The molecule has 0 amide bonds. The Kier molecular flexibility index (Phi) is 6.31. The summed E-state index contributed by atoms with van der Waals surface area (Å²) in [6.07, 6.45) is 0. The third-order valence-corrected chi connectivity index (χ3v) is 10.3. The first-order valence-electron chi connectivity index (χ1n) is 17.0. The second kappa shape index (κ2) is 11.1. The molecule has 49 heavy (non-hydrogen) atoms. The maximum Gasteiger partial charge on any atom is 0.248 e. The van der Waals surface area contributed by atoms with Crippen molar-refractivity contribution in [2.45, 2.75) is 0 Å². The largest absolute Gasteiger partial charge is 0.312 e. The molecule has 0 saturated carbocycles. The minimum atomic E-state index is 0.0573. The zero-order valence-corrected chi connectivity index (χ0v) is 26.9. The van der Waals surface area contributed by atoms with Crippen LogP contribution in [0.25, 0.3) is 49.4 Å². The van der Waals surface area contributed by atoms with Crippen LogP contribution in [0, 0.1) is 0 Å². The van der Waals surface area contributed by atoms with Gasteiger partial charge in [-0.1, -0.05) is 145 Å². The fourth-order valence-electron chi connectivity index (χ4n) is 8.18. The van der Waals surface area contributed by atoms with Gasteiger partial charge in [-0.05, 0) is 81.4 Å². The lowest BCUT2D eigenvalue weighted by Gasteiger charge is -2.37. The number of benzene rings is 8. The molecule has 0 N–H and O–H groups in total. The second-order valence-corrected chi connectivity index (χ2v) is 12.9. The first-order chi connectivity index (χ1) is 24.3. The van der Waals surface area contributed by atoms with E-state index in [0.717, 1.165) is 11.4 Å². The van der Waals surface area contributed by atoms with Crippen LogP contribution >= 0.6 is 0 Å². The van der Waals surface area contributed by atoms with Crippen LogP contribution in [0.4, 0.5) is 17.1 Å². The molecule has 2 nitrogen and oxygen atoms in total. The molecule has 10 rings (SSSR count). The third-order valence-electron chi connectivity index (χ3n) is 10.3. The van der Waals surface area contributed by atoms with Crippen molar-refractivity contribution in [2.24, 2.45) is 0 Å². The topological polar surface area (TPSA) is 8.17 Å². The molecule has 8 aromatic carbocycles. The van der Waals surface area contributed by atoms with E-state index >= 15 is 0 Å². The van der Waals surface area contributed by atoms with Gasteiger partial charge in [0.2, 0.25) is 6.71 Å². The Morgan fingerprint density at radius 1 is 0.367 bits per heavy atom. The summed E-state index contributed by atoms with van der Waals surface area (Å²) in [6.45, 7) is 0.0573. The van der Waals surface area contributed by atoms with Gasteiger partial charge >= 0.3 is 0 Å². The van der Waals surface area contributed by atoms with E-state index in [2.05, 4.69) is 198 Å². The normalized spacial score (nSPS) is 12.4. The lowest BCUT2D eigenvalue weighted by atomic mass is 9.33. The van der Waals surface area contributed by atoms with Gasteiger partial charge in [-0.2, -0.15) is 0 Å². The van der Waals surface area contributed by atoms with Gasteiger partial charge in [0.15, 0.2) is 0 Å². The highest BCUT2D eigenvalue weighted by atomic mass is 15.1. The average Bonchev–Trinajstić information content (AvgIpc) is 3.51. The van der Waals surface area contributed by atoms with Crippen molar-refractivity contribution in [1.29, 1.82) is 0 Å². The molecule has 9 aromatic rings. The number of hydrogen-bond donors (Lipinski definition) is 0. The second-order valence-electron chi connectivity index (χ2n) is 12.9. The van der Waals surface area contributed by atoms with Gasteiger partial charge in [-0.15, -0.1) is 0 Å². The maximum atomic E-state index is 2.45. The van der Waals surface area contributed by atoms with Gasteiger partial charge in [-0.25, -0.2) is 0 Å². The molecule has 0 aliphatic carbocycles. The molecular formula is C46H31BN2. The monoisotopic (exact) mass is 622 g/mol. The van der Waals surface area contributed by atoms with E-state index in [1.807, 2.05) is 0 Å². The number of rotatable bonds is 4. The molecule has 0 atom stereocenters. The highest BCUT2D eigenvalue weighted by molar-refractivity contribution is 7.00. The van der Waals surface area contributed by atoms with Gasteiger partial charge < -0.3 is 9.47 Å². The lowest BCUT2D eigenvalue weighted by molar-refractivity contribution is 1.17. The van der Waals surface area contributed by atoms with Crippen LogP contribution in [0.15, 0.2) is 188 Å². The summed E-state index contributed by atoms with van der Waals surface area (Å²) < 4.78 is 2.38. The molecule has 0 unspecified atom stereocenters. The van der Waals surface area contributed by atoms with Crippen LogP contribution in [0.5, 0.6) is 0 Å². The van der Waals surface area contributed by atoms with Crippen LogP contribution in [0.2, 0.25) is 0 Å². The molecule has 0 fully saturated rings. The molecule has 228 valence electrons. The van der Waals surface area contributed by atoms with Crippen LogP contribution in [0.1, 0.15) is 0 Å². The van der Waals surface area contributed by atoms with E-state index in [-0.39, 0.29) is 6.71 Å². The molecule has 0 bridgehead atoms. The summed E-state index contributed by atoms with van der Waals surface area (Å²) in [6, 6.07) is 68.7. The van der Waals surface area contributed by atoms with Crippen molar-refractivity contribution in [3.05, 3.63) is 188 Å². The summed E-state index contributed by atoms with van der Waals surface area (Å²) in [7, 11) is 0. The Hall–Kier alpha value is -6.32. The van der Waals surface area contributed by atoms with Gasteiger partial charge in [-0.3, -0.25) is 0 Å². The number of para-hydroxylation sites is 4. The Labute approximate surface area is 286 Å². The van der Waals surface area contributed by atoms with Gasteiger partial charge in [0, 0.05) is 33.5 Å². The van der Waals surface area contributed by atoms with Crippen molar-refractivity contribution in [1.82, 2.24) is 4.57 Å². The van der Waals surface area contributed by atoms with E-state index in [1.165, 1.54) is 71.5 Å². The SMILES string of the molecule is c1ccc(-c2ccc3ccccc3c2B2c3ccccc3N(c3ccc(-n4c5ccccc5c5ccccc54)cc3)c3ccccc32)cc1. The molecule has 1 aliphatic rings. The molecule has 3 heteroatoms. The van der Waals surface area contributed by atoms with E-state index in [4.69, 9.17) is 0 Å². The summed E-state index contributed by atoms with van der Waals surface area (Å²) in [5.74, 6) is 0. The third kappa shape index (κ3) is 4.29. The minimum Gasteiger partial charge on any atom is -0.312 e. The zero-order chi connectivity index (χ0) is 32.3.